The maximum atomic E-state index is 12.9. The van der Waals surface area contributed by atoms with Crippen LogP contribution in [-0.4, -0.2) is 6.29 Å². The van der Waals surface area contributed by atoms with Gasteiger partial charge in [0.25, 0.3) is 0 Å². The molecule has 21 heavy (non-hydrogen) atoms. The average Bonchev–Trinajstić information content (AvgIpc) is 2.47. The molecule has 0 aliphatic carbocycles. The molecule has 2 nitrogen and oxygen atoms in total. The first kappa shape index (κ1) is 15.1. The van der Waals surface area contributed by atoms with E-state index in [2.05, 4.69) is 0 Å². The minimum atomic E-state index is -4.59. The molecular formula is C16H13F3O2. The highest BCUT2D eigenvalue weighted by Crippen LogP contribution is 2.34. The van der Waals surface area contributed by atoms with Gasteiger partial charge in [0.15, 0.2) is 6.29 Å². The Morgan fingerprint density at radius 3 is 2.33 bits per heavy atom. The maximum absolute atomic E-state index is 12.9. The summed E-state index contributed by atoms with van der Waals surface area (Å²) in [6.45, 7) is 1.75. The van der Waals surface area contributed by atoms with Crippen LogP contribution in [0.15, 0.2) is 48.5 Å². The highest BCUT2D eigenvalue weighted by Gasteiger charge is 2.33. The van der Waals surface area contributed by atoms with Crippen LogP contribution in [0, 0.1) is 0 Å². The lowest BCUT2D eigenvalue weighted by Crippen LogP contribution is -2.10. The fourth-order valence-corrected chi connectivity index (χ4v) is 1.95. The molecule has 0 amide bonds. The van der Waals surface area contributed by atoms with E-state index in [9.17, 15) is 18.0 Å². The van der Waals surface area contributed by atoms with Crippen molar-refractivity contribution in [3.63, 3.8) is 0 Å². The second kappa shape index (κ2) is 5.99. The molecule has 0 saturated heterocycles. The first-order chi connectivity index (χ1) is 9.91. The van der Waals surface area contributed by atoms with Gasteiger partial charge in [0.05, 0.1) is 5.56 Å². The SMILES string of the molecule is CC(Oc1ccc(C=O)c(C(F)(F)F)c1)c1ccccc1. The van der Waals surface area contributed by atoms with Crippen molar-refractivity contribution >= 4 is 6.29 Å². The van der Waals surface area contributed by atoms with Crippen LogP contribution < -0.4 is 4.74 Å². The molecule has 1 atom stereocenters. The lowest BCUT2D eigenvalue weighted by molar-refractivity contribution is -0.138. The molecule has 2 rings (SSSR count). The quantitative estimate of drug-likeness (QED) is 0.767. The van der Waals surface area contributed by atoms with E-state index in [0.717, 1.165) is 17.7 Å². The van der Waals surface area contributed by atoms with E-state index in [-0.39, 0.29) is 12.0 Å². The lowest BCUT2D eigenvalue weighted by Gasteiger charge is -2.17. The van der Waals surface area contributed by atoms with Crippen LogP contribution in [0.4, 0.5) is 13.2 Å². The molecule has 0 radical (unpaired) electrons. The number of hydrogen-bond acceptors (Lipinski definition) is 2. The van der Waals surface area contributed by atoms with Gasteiger partial charge in [0.1, 0.15) is 11.9 Å². The van der Waals surface area contributed by atoms with Crippen LogP contribution in [-0.2, 0) is 6.18 Å². The number of aldehydes is 1. The molecule has 0 N–H and O–H groups in total. The smallest absolute Gasteiger partial charge is 0.417 e. The minimum Gasteiger partial charge on any atom is -0.486 e. The standard InChI is InChI=1S/C16H13F3O2/c1-11(12-5-3-2-4-6-12)21-14-8-7-13(10-20)15(9-14)16(17,18)19/h2-11H,1H3. The fraction of sp³-hybridized carbons (Fsp3) is 0.188. The third-order valence-corrected chi connectivity index (χ3v) is 3.04. The van der Waals surface area contributed by atoms with E-state index in [1.54, 1.807) is 6.92 Å². The summed E-state index contributed by atoms with van der Waals surface area (Å²) in [6, 6.07) is 12.5. The van der Waals surface area contributed by atoms with Gasteiger partial charge < -0.3 is 4.74 Å². The molecule has 2 aromatic rings. The molecule has 110 valence electrons. The molecule has 0 aliphatic rings. The molecule has 2 aromatic carbocycles. The van der Waals surface area contributed by atoms with Crippen molar-refractivity contribution in [1.82, 2.24) is 0 Å². The zero-order chi connectivity index (χ0) is 15.5. The molecule has 0 spiro atoms. The Morgan fingerprint density at radius 2 is 1.76 bits per heavy atom. The lowest BCUT2D eigenvalue weighted by atomic mass is 10.1. The van der Waals surface area contributed by atoms with Crippen LogP contribution in [0.5, 0.6) is 5.75 Å². The Balaban J connectivity index is 2.27. The van der Waals surface area contributed by atoms with E-state index in [1.807, 2.05) is 30.3 Å². The second-order valence-corrected chi connectivity index (χ2v) is 4.54. The summed E-state index contributed by atoms with van der Waals surface area (Å²) in [6.07, 6.45) is -4.80. The highest BCUT2D eigenvalue weighted by molar-refractivity contribution is 5.78. The van der Waals surface area contributed by atoms with Crippen molar-refractivity contribution in [3.05, 3.63) is 65.2 Å². The van der Waals surface area contributed by atoms with Gasteiger partial charge in [0, 0.05) is 5.56 Å². The van der Waals surface area contributed by atoms with Gasteiger partial charge in [-0.15, -0.1) is 0 Å². The summed E-state index contributed by atoms with van der Waals surface area (Å²) in [5, 5.41) is 0. The van der Waals surface area contributed by atoms with Crippen LogP contribution in [0.1, 0.15) is 34.5 Å². The number of halogens is 3. The largest absolute Gasteiger partial charge is 0.486 e. The summed E-state index contributed by atoms with van der Waals surface area (Å²) >= 11 is 0. The minimum absolute atomic E-state index is 0.0734. The summed E-state index contributed by atoms with van der Waals surface area (Å²) < 4.78 is 44.1. The van der Waals surface area contributed by atoms with E-state index < -0.39 is 23.4 Å². The summed E-state index contributed by atoms with van der Waals surface area (Å²) in [7, 11) is 0. The summed E-state index contributed by atoms with van der Waals surface area (Å²) in [5.41, 5.74) is -0.539. The molecule has 5 heteroatoms. The molecule has 0 aromatic heterocycles. The van der Waals surface area contributed by atoms with Crippen LogP contribution in [0.3, 0.4) is 0 Å². The first-order valence-electron chi connectivity index (χ1n) is 6.30. The molecular weight excluding hydrogens is 281 g/mol. The van der Waals surface area contributed by atoms with Crippen LogP contribution in [0.25, 0.3) is 0 Å². The predicted octanol–water partition coefficient (Wildman–Crippen LogP) is 4.66. The third-order valence-electron chi connectivity index (χ3n) is 3.04. The molecule has 0 aliphatic heterocycles. The molecule has 0 fully saturated rings. The van der Waals surface area contributed by atoms with Gasteiger partial charge in [-0.3, -0.25) is 4.79 Å². The van der Waals surface area contributed by atoms with E-state index >= 15 is 0 Å². The Kier molecular flexibility index (Phi) is 4.31. The number of carbonyl (C=O) groups is 1. The number of hydrogen-bond donors (Lipinski definition) is 0. The Morgan fingerprint density at radius 1 is 1.10 bits per heavy atom. The van der Waals surface area contributed by atoms with Gasteiger partial charge in [-0.2, -0.15) is 13.2 Å². The molecule has 0 heterocycles. The number of benzene rings is 2. The van der Waals surface area contributed by atoms with Crippen LogP contribution >= 0.6 is 0 Å². The molecule has 1 unspecified atom stereocenters. The van der Waals surface area contributed by atoms with Crippen molar-refractivity contribution in [2.75, 3.05) is 0 Å². The summed E-state index contributed by atoms with van der Waals surface area (Å²) in [5.74, 6) is 0.0734. The van der Waals surface area contributed by atoms with Gasteiger partial charge in [-0.1, -0.05) is 30.3 Å². The van der Waals surface area contributed by atoms with E-state index in [4.69, 9.17) is 4.74 Å². The zero-order valence-electron chi connectivity index (χ0n) is 11.2. The van der Waals surface area contributed by atoms with Gasteiger partial charge in [-0.25, -0.2) is 0 Å². The van der Waals surface area contributed by atoms with Crippen LogP contribution in [0.2, 0.25) is 0 Å². The Labute approximate surface area is 120 Å². The van der Waals surface area contributed by atoms with E-state index in [1.165, 1.54) is 6.07 Å². The topological polar surface area (TPSA) is 26.3 Å². The normalized spacial score (nSPS) is 12.8. The number of ether oxygens (including phenoxy) is 1. The van der Waals surface area contributed by atoms with Gasteiger partial charge >= 0.3 is 6.18 Å². The number of rotatable bonds is 4. The number of carbonyl (C=O) groups excluding carboxylic acids is 1. The van der Waals surface area contributed by atoms with Gasteiger partial charge in [0.2, 0.25) is 0 Å². The van der Waals surface area contributed by atoms with Gasteiger partial charge in [-0.05, 0) is 30.7 Å². The summed E-state index contributed by atoms with van der Waals surface area (Å²) in [4.78, 5) is 10.7. The molecule has 0 saturated carbocycles. The zero-order valence-corrected chi connectivity index (χ0v) is 11.2. The third kappa shape index (κ3) is 3.62. The van der Waals surface area contributed by atoms with Crippen molar-refractivity contribution in [1.29, 1.82) is 0 Å². The second-order valence-electron chi connectivity index (χ2n) is 4.54. The molecule has 0 bridgehead atoms. The maximum Gasteiger partial charge on any atom is 0.417 e. The number of alkyl halides is 3. The Hall–Kier alpha value is -2.30. The first-order valence-corrected chi connectivity index (χ1v) is 6.30. The van der Waals surface area contributed by atoms with Crippen molar-refractivity contribution < 1.29 is 22.7 Å². The fourth-order valence-electron chi connectivity index (χ4n) is 1.95. The average molecular weight is 294 g/mol. The predicted molar refractivity (Wildman–Crippen MR) is 72.3 cm³/mol. The van der Waals surface area contributed by atoms with E-state index in [0.29, 0.717) is 0 Å². The van der Waals surface area contributed by atoms with Crippen molar-refractivity contribution in [2.24, 2.45) is 0 Å². The van der Waals surface area contributed by atoms with Crippen molar-refractivity contribution in [3.8, 4) is 5.75 Å². The monoisotopic (exact) mass is 294 g/mol. The highest BCUT2D eigenvalue weighted by atomic mass is 19.4. The van der Waals surface area contributed by atoms with Crippen molar-refractivity contribution in [2.45, 2.75) is 19.2 Å². The Bertz CT molecular complexity index is 621.